The number of rotatable bonds is 11. The van der Waals surface area contributed by atoms with Crippen LogP contribution in [-0.2, 0) is 4.74 Å². The number of Topliss-reactive ketones (excluding diaryl/α,β-unsaturated/α-hetero) is 1. The number of aliphatic hydroxyl groups excluding tert-OH is 1. The van der Waals surface area contributed by atoms with Crippen LogP contribution in [0.2, 0.25) is 0 Å². The van der Waals surface area contributed by atoms with Gasteiger partial charge < -0.3 is 25.0 Å². The van der Waals surface area contributed by atoms with Crippen LogP contribution in [-0.4, -0.2) is 56.4 Å². The first-order valence-electron chi connectivity index (χ1n) is 10.7. The summed E-state index contributed by atoms with van der Waals surface area (Å²) >= 11 is 0. The molecule has 3 aromatic rings. The van der Waals surface area contributed by atoms with Crippen molar-refractivity contribution in [3.8, 4) is 22.9 Å². The lowest BCUT2D eigenvalue weighted by molar-refractivity contribution is -0.0123. The van der Waals surface area contributed by atoms with Crippen molar-refractivity contribution in [2.45, 2.75) is 39.4 Å². The summed E-state index contributed by atoms with van der Waals surface area (Å²) in [5.74, 6) is 0.974. The van der Waals surface area contributed by atoms with Crippen molar-refractivity contribution in [3.63, 3.8) is 0 Å². The van der Waals surface area contributed by atoms with Gasteiger partial charge in [-0.05, 0) is 50.2 Å². The minimum Gasteiger partial charge on any atom is -0.507 e. The summed E-state index contributed by atoms with van der Waals surface area (Å²) in [6.45, 7) is 5.80. The molecule has 0 amide bonds. The molecule has 1 aromatic heterocycles. The van der Waals surface area contributed by atoms with E-state index >= 15 is 0 Å². The largest absolute Gasteiger partial charge is 0.507 e. The average Bonchev–Trinajstić information content (AvgIpc) is 2.81. The SMILES string of the molecule is CCC(=O)c1ccc(Nc2ncnc(-c3ccc(OCC(O)COC(C)C)cc3O)n2)cc1. The second kappa shape index (κ2) is 11.3. The predicted octanol–water partition coefficient (Wildman–Crippen LogP) is 3.75. The summed E-state index contributed by atoms with van der Waals surface area (Å²) in [4.78, 5) is 24.4. The summed E-state index contributed by atoms with van der Waals surface area (Å²) in [7, 11) is 0. The van der Waals surface area contributed by atoms with Gasteiger partial charge >= 0.3 is 0 Å². The number of carbonyl (C=O) groups excluding carboxylic acids is 1. The Bertz CT molecular complexity index is 1070. The first kappa shape index (κ1) is 24.1. The van der Waals surface area contributed by atoms with Gasteiger partial charge in [0.1, 0.15) is 30.5 Å². The number of aromatic hydroxyl groups is 1. The fraction of sp³-hybridized carbons (Fsp3) is 0.333. The number of ketones is 1. The number of benzene rings is 2. The van der Waals surface area contributed by atoms with E-state index in [1.807, 2.05) is 20.8 Å². The van der Waals surface area contributed by atoms with E-state index in [2.05, 4.69) is 20.3 Å². The van der Waals surface area contributed by atoms with Gasteiger partial charge in [-0.1, -0.05) is 6.92 Å². The lowest BCUT2D eigenvalue weighted by Crippen LogP contribution is -2.25. The van der Waals surface area contributed by atoms with E-state index in [-0.39, 0.29) is 36.7 Å². The number of nitrogens with one attached hydrogen (secondary N) is 1. The van der Waals surface area contributed by atoms with Crippen molar-refractivity contribution < 1.29 is 24.5 Å². The van der Waals surface area contributed by atoms with Crippen molar-refractivity contribution in [2.24, 2.45) is 0 Å². The number of hydrogen-bond acceptors (Lipinski definition) is 9. The van der Waals surface area contributed by atoms with Crippen LogP contribution in [0, 0.1) is 0 Å². The average molecular weight is 453 g/mol. The molecule has 0 aliphatic heterocycles. The van der Waals surface area contributed by atoms with Crippen molar-refractivity contribution in [2.75, 3.05) is 18.5 Å². The molecule has 0 saturated carbocycles. The third-order valence-corrected chi connectivity index (χ3v) is 4.63. The molecule has 9 nitrogen and oxygen atoms in total. The molecular weight excluding hydrogens is 424 g/mol. The van der Waals surface area contributed by atoms with E-state index in [9.17, 15) is 15.0 Å². The number of nitrogens with zero attached hydrogens (tertiary/aromatic N) is 3. The number of aromatic nitrogens is 3. The maximum absolute atomic E-state index is 11.8. The van der Waals surface area contributed by atoms with Crippen molar-refractivity contribution >= 4 is 17.4 Å². The third kappa shape index (κ3) is 6.96. The predicted molar refractivity (Wildman–Crippen MR) is 124 cm³/mol. The lowest BCUT2D eigenvalue weighted by Gasteiger charge is -2.15. The molecule has 0 fully saturated rings. The van der Waals surface area contributed by atoms with Crippen LogP contribution in [0.15, 0.2) is 48.8 Å². The van der Waals surface area contributed by atoms with Crippen LogP contribution >= 0.6 is 0 Å². The number of ether oxygens (including phenoxy) is 2. The fourth-order valence-electron chi connectivity index (χ4n) is 2.89. The van der Waals surface area contributed by atoms with Crippen LogP contribution in [0.3, 0.4) is 0 Å². The molecule has 33 heavy (non-hydrogen) atoms. The highest BCUT2D eigenvalue weighted by Crippen LogP contribution is 2.31. The third-order valence-electron chi connectivity index (χ3n) is 4.63. The Balaban J connectivity index is 1.66. The molecule has 0 radical (unpaired) electrons. The Kier molecular flexibility index (Phi) is 8.28. The summed E-state index contributed by atoms with van der Waals surface area (Å²) < 4.78 is 10.9. The molecule has 0 aliphatic rings. The minimum absolute atomic E-state index is 0.0207. The Morgan fingerprint density at radius 3 is 2.52 bits per heavy atom. The molecule has 1 atom stereocenters. The molecule has 1 unspecified atom stereocenters. The second-order valence-electron chi connectivity index (χ2n) is 7.64. The van der Waals surface area contributed by atoms with Crippen LogP contribution in [0.1, 0.15) is 37.6 Å². The van der Waals surface area contributed by atoms with Gasteiger partial charge in [-0.15, -0.1) is 0 Å². The van der Waals surface area contributed by atoms with Crippen LogP contribution in [0.5, 0.6) is 11.5 Å². The van der Waals surface area contributed by atoms with Gasteiger partial charge in [-0.2, -0.15) is 4.98 Å². The number of anilines is 2. The summed E-state index contributed by atoms with van der Waals surface area (Å²) in [5, 5.41) is 23.4. The van der Waals surface area contributed by atoms with Crippen molar-refractivity contribution in [1.82, 2.24) is 15.0 Å². The highest BCUT2D eigenvalue weighted by atomic mass is 16.5. The Labute approximate surface area is 192 Å². The first-order valence-corrected chi connectivity index (χ1v) is 10.7. The van der Waals surface area contributed by atoms with Gasteiger partial charge in [0.2, 0.25) is 5.95 Å². The van der Waals surface area contributed by atoms with Gasteiger partial charge in [0.15, 0.2) is 11.6 Å². The number of carbonyl (C=O) groups is 1. The van der Waals surface area contributed by atoms with E-state index in [1.54, 1.807) is 36.4 Å². The van der Waals surface area contributed by atoms with E-state index < -0.39 is 6.10 Å². The van der Waals surface area contributed by atoms with Crippen LogP contribution in [0.4, 0.5) is 11.6 Å². The highest BCUT2D eigenvalue weighted by molar-refractivity contribution is 5.96. The summed E-state index contributed by atoms with van der Waals surface area (Å²) in [6.07, 6.45) is 1.03. The zero-order valence-electron chi connectivity index (χ0n) is 18.9. The molecule has 9 heteroatoms. The molecule has 2 aromatic carbocycles. The molecule has 1 heterocycles. The van der Waals surface area contributed by atoms with Gasteiger partial charge in [-0.25, -0.2) is 9.97 Å². The normalized spacial score (nSPS) is 11.9. The molecule has 3 rings (SSSR count). The van der Waals surface area contributed by atoms with E-state index in [1.165, 1.54) is 12.4 Å². The Hall–Kier alpha value is -3.56. The summed E-state index contributed by atoms with van der Waals surface area (Å²) in [6, 6.07) is 11.8. The first-order chi connectivity index (χ1) is 15.9. The zero-order chi connectivity index (χ0) is 23.8. The van der Waals surface area contributed by atoms with Gasteiger partial charge in [0, 0.05) is 23.7 Å². The van der Waals surface area contributed by atoms with Crippen LogP contribution in [0.25, 0.3) is 11.4 Å². The van der Waals surface area contributed by atoms with E-state index in [0.717, 1.165) is 0 Å². The topological polar surface area (TPSA) is 127 Å². The minimum atomic E-state index is -0.777. The molecule has 0 bridgehead atoms. The number of phenols is 1. The maximum Gasteiger partial charge on any atom is 0.230 e. The van der Waals surface area contributed by atoms with Gasteiger partial charge in [-0.3, -0.25) is 4.79 Å². The smallest absolute Gasteiger partial charge is 0.230 e. The maximum atomic E-state index is 11.8. The van der Waals surface area contributed by atoms with E-state index in [0.29, 0.717) is 34.9 Å². The van der Waals surface area contributed by atoms with Gasteiger partial charge in [0.25, 0.3) is 0 Å². The van der Waals surface area contributed by atoms with Crippen LogP contribution < -0.4 is 10.1 Å². The second-order valence-corrected chi connectivity index (χ2v) is 7.64. The highest BCUT2D eigenvalue weighted by Gasteiger charge is 2.12. The monoisotopic (exact) mass is 452 g/mol. The number of hydrogen-bond donors (Lipinski definition) is 3. The van der Waals surface area contributed by atoms with Crippen molar-refractivity contribution in [3.05, 3.63) is 54.4 Å². The molecule has 0 aliphatic carbocycles. The van der Waals surface area contributed by atoms with Gasteiger partial charge in [0.05, 0.1) is 18.3 Å². The Morgan fingerprint density at radius 1 is 1.09 bits per heavy atom. The molecule has 0 spiro atoms. The Morgan fingerprint density at radius 2 is 1.85 bits per heavy atom. The molecular formula is C24H28N4O5. The van der Waals surface area contributed by atoms with Crippen molar-refractivity contribution in [1.29, 1.82) is 0 Å². The lowest BCUT2D eigenvalue weighted by atomic mass is 10.1. The number of phenolic OH excluding ortho intramolecular Hbond substituents is 1. The fourth-order valence-corrected chi connectivity index (χ4v) is 2.89. The molecule has 0 saturated heterocycles. The quantitative estimate of drug-likeness (QED) is 0.373. The van der Waals surface area contributed by atoms with E-state index in [4.69, 9.17) is 9.47 Å². The molecule has 3 N–H and O–H groups in total. The summed E-state index contributed by atoms with van der Waals surface area (Å²) in [5.41, 5.74) is 1.76. The zero-order valence-corrected chi connectivity index (χ0v) is 18.9. The standard InChI is InChI=1S/C24H28N4O5/c1-4-21(30)16-5-7-17(8-6-16)27-24-26-14-25-23(28-24)20-10-9-19(11-22(20)31)33-13-18(29)12-32-15(2)3/h5-11,14-15,18,29,31H,4,12-13H2,1-3H3,(H,25,26,27,28). The number of aliphatic hydroxyl groups is 1. The molecule has 174 valence electrons.